The SMILES string of the molecule is O=C(Cc1cn2ccsc2n1)NCc1ccc(CN2CCOCC2)cc1. The van der Waals surface area contributed by atoms with E-state index in [1.807, 2.05) is 22.2 Å². The summed E-state index contributed by atoms with van der Waals surface area (Å²) in [5.74, 6) is -0.00635. The van der Waals surface area contributed by atoms with E-state index < -0.39 is 0 Å². The van der Waals surface area contributed by atoms with E-state index in [4.69, 9.17) is 4.74 Å². The molecule has 0 unspecified atom stereocenters. The van der Waals surface area contributed by atoms with Crippen molar-refractivity contribution < 1.29 is 9.53 Å². The molecule has 3 aromatic rings. The molecule has 1 N–H and O–H groups in total. The Morgan fingerprint density at radius 3 is 2.73 bits per heavy atom. The summed E-state index contributed by atoms with van der Waals surface area (Å²) in [5, 5.41) is 4.95. The summed E-state index contributed by atoms with van der Waals surface area (Å²) in [4.78, 5) is 19.9. The minimum Gasteiger partial charge on any atom is -0.379 e. The molecule has 0 saturated carbocycles. The molecule has 136 valence electrons. The van der Waals surface area contributed by atoms with Crippen molar-refractivity contribution >= 4 is 22.2 Å². The van der Waals surface area contributed by atoms with Crippen LogP contribution in [0, 0.1) is 0 Å². The van der Waals surface area contributed by atoms with Crippen LogP contribution in [0.3, 0.4) is 0 Å². The van der Waals surface area contributed by atoms with E-state index in [0.717, 1.165) is 49.1 Å². The van der Waals surface area contributed by atoms with Gasteiger partial charge in [-0.15, -0.1) is 11.3 Å². The zero-order chi connectivity index (χ0) is 17.8. The molecule has 26 heavy (non-hydrogen) atoms. The summed E-state index contributed by atoms with van der Waals surface area (Å²) in [5.41, 5.74) is 3.20. The number of morpholine rings is 1. The number of ether oxygens (including phenoxy) is 1. The predicted octanol–water partition coefficient (Wildman–Crippen LogP) is 2.09. The van der Waals surface area contributed by atoms with Crippen LogP contribution in [-0.2, 0) is 29.0 Å². The van der Waals surface area contributed by atoms with Gasteiger partial charge >= 0.3 is 0 Å². The Labute approximate surface area is 156 Å². The average molecular weight is 370 g/mol. The lowest BCUT2D eigenvalue weighted by atomic mass is 10.1. The summed E-state index contributed by atoms with van der Waals surface area (Å²) in [7, 11) is 0. The summed E-state index contributed by atoms with van der Waals surface area (Å²) in [6.45, 7) is 5.11. The molecule has 4 rings (SSSR count). The lowest BCUT2D eigenvalue weighted by Crippen LogP contribution is -2.35. The number of imidazole rings is 1. The molecule has 1 fully saturated rings. The van der Waals surface area contributed by atoms with Gasteiger partial charge in [0.15, 0.2) is 4.96 Å². The van der Waals surface area contributed by atoms with Crippen molar-refractivity contribution in [2.75, 3.05) is 26.3 Å². The summed E-state index contributed by atoms with van der Waals surface area (Å²) < 4.78 is 7.32. The van der Waals surface area contributed by atoms with E-state index in [0.29, 0.717) is 13.0 Å². The second-order valence-electron chi connectivity index (χ2n) is 6.48. The van der Waals surface area contributed by atoms with Crippen LogP contribution in [0.25, 0.3) is 4.96 Å². The van der Waals surface area contributed by atoms with Crippen LogP contribution in [0.4, 0.5) is 0 Å². The van der Waals surface area contributed by atoms with Gasteiger partial charge in [-0.3, -0.25) is 14.1 Å². The van der Waals surface area contributed by atoms with Crippen molar-refractivity contribution in [1.82, 2.24) is 19.6 Å². The van der Waals surface area contributed by atoms with Crippen LogP contribution < -0.4 is 5.32 Å². The van der Waals surface area contributed by atoms with Gasteiger partial charge in [-0.25, -0.2) is 4.98 Å². The number of hydrogen-bond donors (Lipinski definition) is 1. The van der Waals surface area contributed by atoms with Gasteiger partial charge in [0.2, 0.25) is 5.91 Å². The van der Waals surface area contributed by atoms with Gasteiger partial charge in [0.05, 0.1) is 25.3 Å². The van der Waals surface area contributed by atoms with E-state index in [1.54, 1.807) is 11.3 Å². The van der Waals surface area contributed by atoms with Gasteiger partial charge in [0.25, 0.3) is 0 Å². The fraction of sp³-hybridized carbons (Fsp3) is 0.368. The average Bonchev–Trinajstić information content (AvgIpc) is 3.23. The van der Waals surface area contributed by atoms with Gasteiger partial charge in [-0.2, -0.15) is 0 Å². The van der Waals surface area contributed by atoms with Crippen molar-refractivity contribution in [2.45, 2.75) is 19.5 Å². The van der Waals surface area contributed by atoms with Gasteiger partial charge in [0, 0.05) is 44.0 Å². The molecule has 0 bridgehead atoms. The highest BCUT2D eigenvalue weighted by molar-refractivity contribution is 7.15. The first kappa shape index (κ1) is 17.2. The molecule has 0 radical (unpaired) electrons. The zero-order valence-corrected chi connectivity index (χ0v) is 15.4. The Bertz CT molecular complexity index is 837. The van der Waals surface area contributed by atoms with E-state index in [-0.39, 0.29) is 5.91 Å². The number of thiazole rings is 1. The second-order valence-corrected chi connectivity index (χ2v) is 7.36. The standard InChI is InChI=1S/C19H22N4O2S/c24-18(11-17-14-23-7-10-26-19(23)21-17)20-12-15-1-3-16(4-2-15)13-22-5-8-25-9-6-22/h1-4,7,10,14H,5-6,8-9,11-13H2,(H,20,24). The summed E-state index contributed by atoms with van der Waals surface area (Å²) >= 11 is 1.57. The zero-order valence-electron chi connectivity index (χ0n) is 14.6. The molecule has 1 aromatic carbocycles. The van der Waals surface area contributed by atoms with Crippen molar-refractivity contribution in [3.05, 3.63) is 58.9 Å². The van der Waals surface area contributed by atoms with Gasteiger partial charge in [-0.1, -0.05) is 24.3 Å². The fourth-order valence-electron chi connectivity index (χ4n) is 3.07. The minimum absolute atomic E-state index is 0.00635. The molecule has 7 heteroatoms. The van der Waals surface area contributed by atoms with Crippen LogP contribution in [0.2, 0.25) is 0 Å². The van der Waals surface area contributed by atoms with Gasteiger partial charge in [-0.05, 0) is 11.1 Å². The lowest BCUT2D eigenvalue weighted by Gasteiger charge is -2.26. The number of hydrogen-bond acceptors (Lipinski definition) is 5. The molecule has 1 amide bonds. The maximum Gasteiger partial charge on any atom is 0.226 e. The number of amides is 1. The van der Waals surface area contributed by atoms with Crippen molar-refractivity contribution in [3.8, 4) is 0 Å². The number of carbonyl (C=O) groups is 1. The Morgan fingerprint density at radius 2 is 1.96 bits per heavy atom. The first-order valence-corrected chi connectivity index (χ1v) is 9.70. The highest BCUT2D eigenvalue weighted by Crippen LogP contribution is 2.12. The molecule has 0 atom stereocenters. The van der Waals surface area contributed by atoms with Crippen LogP contribution in [-0.4, -0.2) is 46.5 Å². The smallest absolute Gasteiger partial charge is 0.226 e. The molecule has 1 aliphatic heterocycles. The third kappa shape index (κ3) is 4.30. The minimum atomic E-state index is -0.00635. The maximum atomic E-state index is 12.1. The Balaban J connectivity index is 1.25. The molecule has 1 saturated heterocycles. The Hall–Kier alpha value is -2.22. The number of fused-ring (bicyclic) bond motifs is 1. The van der Waals surface area contributed by atoms with E-state index in [1.165, 1.54) is 5.56 Å². The monoisotopic (exact) mass is 370 g/mol. The van der Waals surface area contributed by atoms with Crippen molar-refractivity contribution in [2.24, 2.45) is 0 Å². The first-order chi connectivity index (χ1) is 12.8. The van der Waals surface area contributed by atoms with Crippen LogP contribution in [0.15, 0.2) is 42.0 Å². The van der Waals surface area contributed by atoms with Gasteiger partial charge in [0.1, 0.15) is 0 Å². The molecule has 2 aromatic heterocycles. The van der Waals surface area contributed by atoms with E-state index in [9.17, 15) is 4.79 Å². The van der Waals surface area contributed by atoms with E-state index in [2.05, 4.69) is 39.5 Å². The molecular formula is C19H22N4O2S. The van der Waals surface area contributed by atoms with Crippen LogP contribution in [0.1, 0.15) is 16.8 Å². The molecular weight excluding hydrogens is 348 g/mol. The molecule has 0 aliphatic carbocycles. The normalized spacial score (nSPS) is 15.4. The molecule has 6 nitrogen and oxygen atoms in total. The largest absolute Gasteiger partial charge is 0.379 e. The van der Waals surface area contributed by atoms with Crippen molar-refractivity contribution in [3.63, 3.8) is 0 Å². The molecule has 0 spiro atoms. The fourth-order valence-corrected chi connectivity index (χ4v) is 3.79. The van der Waals surface area contributed by atoms with E-state index >= 15 is 0 Å². The molecule has 1 aliphatic rings. The number of nitrogens with zero attached hydrogens (tertiary/aromatic N) is 3. The predicted molar refractivity (Wildman–Crippen MR) is 101 cm³/mol. The molecule has 3 heterocycles. The lowest BCUT2D eigenvalue weighted by molar-refractivity contribution is -0.120. The Morgan fingerprint density at radius 1 is 1.19 bits per heavy atom. The second kappa shape index (κ2) is 7.99. The number of aromatic nitrogens is 2. The van der Waals surface area contributed by atoms with Crippen LogP contribution >= 0.6 is 11.3 Å². The highest BCUT2D eigenvalue weighted by Gasteiger charge is 2.11. The highest BCUT2D eigenvalue weighted by atomic mass is 32.1. The summed E-state index contributed by atoms with van der Waals surface area (Å²) in [6.07, 6.45) is 4.17. The number of nitrogens with one attached hydrogen (secondary N) is 1. The van der Waals surface area contributed by atoms with Crippen molar-refractivity contribution in [1.29, 1.82) is 0 Å². The quantitative estimate of drug-likeness (QED) is 0.722. The third-order valence-corrected chi connectivity index (χ3v) is 5.28. The van der Waals surface area contributed by atoms with Crippen LogP contribution in [0.5, 0.6) is 0 Å². The number of rotatable bonds is 6. The number of benzene rings is 1. The topological polar surface area (TPSA) is 58.9 Å². The summed E-state index contributed by atoms with van der Waals surface area (Å²) in [6, 6.07) is 8.45. The first-order valence-electron chi connectivity index (χ1n) is 8.82. The number of carbonyl (C=O) groups excluding carboxylic acids is 1. The third-order valence-electron chi connectivity index (χ3n) is 4.51. The maximum absolute atomic E-state index is 12.1. The van der Waals surface area contributed by atoms with Gasteiger partial charge < -0.3 is 10.1 Å². The Kier molecular flexibility index (Phi) is 5.29.